The van der Waals surface area contributed by atoms with E-state index in [-0.39, 0.29) is 0 Å². The third-order valence-electron chi connectivity index (χ3n) is 3.04. The summed E-state index contributed by atoms with van der Waals surface area (Å²) in [5, 5.41) is 1.15. The Morgan fingerprint density at radius 3 is 2.25 bits per heavy atom. The van der Waals surface area contributed by atoms with Crippen molar-refractivity contribution in [2.24, 2.45) is 0 Å². The van der Waals surface area contributed by atoms with Crippen molar-refractivity contribution in [3.8, 4) is 11.1 Å². The van der Waals surface area contributed by atoms with Crippen LogP contribution in [0.15, 0.2) is 48.5 Å². The summed E-state index contributed by atoms with van der Waals surface area (Å²) in [7, 11) is 0. The van der Waals surface area contributed by atoms with Gasteiger partial charge < -0.3 is 0 Å². The van der Waals surface area contributed by atoms with Gasteiger partial charge in [0.05, 0.1) is 0 Å². The molecule has 0 spiro atoms. The van der Waals surface area contributed by atoms with Crippen molar-refractivity contribution in [1.29, 1.82) is 0 Å². The quantitative estimate of drug-likeness (QED) is 0.504. The zero-order valence-electron chi connectivity index (χ0n) is 8.58. The number of fused-ring (bicyclic) bond motifs is 3. The Balaban J connectivity index is 2.33. The Morgan fingerprint density at radius 2 is 1.44 bits per heavy atom. The third kappa shape index (κ3) is 1.51. The van der Waals surface area contributed by atoms with Crippen LogP contribution in [-0.2, 0) is 6.04 Å². The van der Waals surface area contributed by atoms with Crippen LogP contribution in [-0.4, -0.2) is 6.69 Å². The lowest BCUT2D eigenvalue weighted by Gasteiger charge is -2.27. The van der Waals surface area contributed by atoms with Gasteiger partial charge in [0.2, 0.25) is 0 Å². The Morgan fingerprint density at radius 1 is 0.812 bits per heavy atom. The highest BCUT2D eigenvalue weighted by Gasteiger charge is 2.38. The van der Waals surface area contributed by atoms with Gasteiger partial charge in [-0.2, -0.15) is 0 Å². The van der Waals surface area contributed by atoms with E-state index in [1.807, 2.05) is 18.2 Å². The lowest BCUT2D eigenvalue weighted by atomic mass is 10.00. The highest BCUT2D eigenvalue weighted by Crippen LogP contribution is 2.35. The predicted molar refractivity (Wildman–Crippen MR) is 72.7 cm³/mol. The zero-order chi connectivity index (χ0) is 11.2. The second-order valence-electron chi connectivity index (χ2n) is 4.08. The molecule has 0 saturated carbocycles. The van der Waals surface area contributed by atoms with E-state index >= 15 is 0 Å². The number of hydrogen-bond acceptors (Lipinski definition) is 0. The summed E-state index contributed by atoms with van der Waals surface area (Å²) in [5.74, 6) is 0. The van der Waals surface area contributed by atoms with E-state index in [4.69, 9.17) is 22.2 Å². The Bertz CT molecular complexity index is 549. The maximum atomic E-state index is 6.53. The minimum absolute atomic E-state index is 0.809. The van der Waals surface area contributed by atoms with Gasteiger partial charge in [-0.25, -0.2) is 0 Å². The van der Waals surface area contributed by atoms with Gasteiger partial charge in [-0.1, -0.05) is 48.5 Å². The van der Waals surface area contributed by atoms with Crippen LogP contribution in [0.25, 0.3) is 11.1 Å². The van der Waals surface area contributed by atoms with Crippen LogP contribution < -0.4 is 5.19 Å². The summed E-state index contributed by atoms with van der Waals surface area (Å²) >= 11 is 13.1. The SMILES string of the molecule is Cl[Si]1(Cl)Cc2ccccc2-c2ccccc21. The Kier molecular flexibility index (Phi) is 2.35. The maximum Gasteiger partial charge on any atom is 0.285 e. The van der Waals surface area contributed by atoms with E-state index in [1.54, 1.807) is 0 Å². The normalized spacial score (nSPS) is 16.4. The van der Waals surface area contributed by atoms with E-state index in [1.165, 1.54) is 16.7 Å². The topological polar surface area (TPSA) is 0 Å². The van der Waals surface area contributed by atoms with Crippen LogP contribution in [0.5, 0.6) is 0 Å². The minimum Gasteiger partial charge on any atom is -0.139 e. The molecule has 0 radical (unpaired) electrons. The molecule has 80 valence electrons. The van der Waals surface area contributed by atoms with Gasteiger partial charge in [-0.15, -0.1) is 22.2 Å². The summed E-state index contributed by atoms with van der Waals surface area (Å²) in [6.45, 7) is -2.32. The smallest absolute Gasteiger partial charge is 0.139 e. The van der Waals surface area contributed by atoms with Gasteiger partial charge in [0.1, 0.15) is 0 Å². The van der Waals surface area contributed by atoms with Crippen molar-refractivity contribution < 1.29 is 0 Å². The predicted octanol–water partition coefficient (Wildman–Crippen LogP) is 3.58. The van der Waals surface area contributed by atoms with Gasteiger partial charge >= 0.3 is 0 Å². The first-order chi connectivity index (χ1) is 7.68. The maximum absolute atomic E-state index is 6.53. The summed E-state index contributed by atoms with van der Waals surface area (Å²) in [4.78, 5) is 0. The van der Waals surface area contributed by atoms with Crippen molar-refractivity contribution >= 4 is 34.0 Å². The molecule has 3 rings (SSSR count). The molecule has 0 amide bonds. The zero-order valence-corrected chi connectivity index (χ0v) is 11.1. The van der Waals surface area contributed by atoms with E-state index in [2.05, 4.69) is 30.3 Å². The average molecular weight is 265 g/mol. The molecule has 1 aliphatic rings. The summed E-state index contributed by atoms with van der Waals surface area (Å²) in [6.07, 6.45) is 0. The molecule has 0 saturated heterocycles. The van der Waals surface area contributed by atoms with Crippen molar-refractivity contribution in [3.63, 3.8) is 0 Å². The number of hydrogen-bond donors (Lipinski definition) is 0. The molecule has 0 aliphatic carbocycles. The average Bonchev–Trinajstić information content (AvgIpc) is 2.29. The molecular formula is C13H10Cl2Si. The van der Waals surface area contributed by atoms with Gasteiger partial charge in [-0.05, 0) is 27.9 Å². The first-order valence-corrected chi connectivity index (χ1v) is 9.47. The molecule has 3 heteroatoms. The Labute approximate surface area is 105 Å². The highest BCUT2D eigenvalue weighted by molar-refractivity contribution is 7.51. The second kappa shape index (κ2) is 3.62. The van der Waals surface area contributed by atoms with E-state index < -0.39 is 6.69 Å². The van der Waals surface area contributed by atoms with Crippen LogP contribution in [0.3, 0.4) is 0 Å². The molecule has 0 unspecified atom stereocenters. The van der Waals surface area contributed by atoms with Gasteiger partial charge in [-0.3, -0.25) is 0 Å². The van der Waals surface area contributed by atoms with Crippen molar-refractivity contribution in [2.45, 2.75) is 6.04 Å². The molecule has 0 atom stereocenters. The molecule has 0 N–H and O–H groups in total. The second-order valence-corrected chi connectivity index (χ2v) is 10.8. The fourth-order valence-corrected chi connectivity index (χ4v) is 6.09. The number of rotatable bonds is 0. The third-order valence-corrected chi connectivity index (χ3v) is 7.11. The van der Waals surface area contributed by atoms with Crippen molar-refractivity contribution in [2.75, 3.05) is 0 Å². The summed E-state index contributed by atoms with van der Waals surface area (Å²) in [5.41, 5.74) is 3.77. The monoisotopic (exact) mass is 264 g/mol. The molecule has 1 heterocycles. The van der Waals surface area contributed by atoms with Crippen LogP contribution in [0.4, 0.5) is 0 Å². The van der Waals surface area contributed by atoms with Crippen molar-refractivity contribution in [1.82, 2.24) is 0 Å². The lowest BCUT2D eigenvalue weighted by molar-refractivity contribution is 1.35. The first kappa shape index (κ1) is 10.4. The standard InChI is InChI=1S/C13H10Cl2Si/c14-16(15)9-10-5-1-2-6-11(10)12-7-3-4-8-13(12)16/h1-8H,9H2. The summed E-state index contributed by atoms with van der Waals surface area (Å²) in [6, 6.07) is 17.4. The highest BCUT2D eigenvalue weighted by atomic mass is 35.7. The van der Waals surface area contributed by atoms with Gasteiger partial charge in [0.25, 0.3) is 6.69 Å². The van der Waals surface area contributed by atoms with Crippen LogP contribution in [0.1, 0.15) is 5.56 Å². The van der Waals surface area contributed by atoms with Gasteiger partial charge in [0.15, 0.2) is 0 Å². The largest absolute Gasteiger partial charge is 0.285 e. The number of benzene rings is 2. The molecule has 2 aromatic carbocycles. The lowest BCUT2D eigenvalue weighted by Crippen LogP contribution is -2.43. The van der Waals surface area contributed by atoms with Gasteiger partial charge in [0, 0.05) is 0 Å². The molecule has 0 bridgehead atoms. The van der Waals surface area contributed by atoms with Crippen LogP contribution in [0.2, 0.25) is 0 Å². The molecule has 0 aromatic heterocycles. The van der Waals surface area contributed by atoms with E-state index in [9.17, 15) is 0 Å². The molecule has 1 aliphatic heterocycles. The van der Waals surface area contributed by atoms with Crippen molar-refractivity contribution in [3.05, 3.63) is 54.1 Å². The fraction of sp³-hybridized carbons (Fsp3) is 0.0769. The number of halogens is 2. The molecule has 2 aromatic rings. The molecule has 0 nitrogen and oxygen atoms in total. The van der Waals surface area contributed by atoms with E-state index in [0.717, 1.165) is 11.2 Å². The summed E-state index contributed by atoms with van der Waals surface area (Å²) < 4.78 is 0. The Hall–Kier alpha value is -0.763. The van der Waals surface area contributed by atoms with Crippen LogP contribution >= 0.6 is 22.2 Å². The fourth-order valence-electron chi connectivity index (χ4n) is 2.31. The van der Waals surface area contributed by atoms with E-state index in [0.29, 0.717) is 0 Å². The minimum atomic E-state index is -2.32. The molecular weight excluding hydrogens is 255 g/mol. The molecule has 0 fully saturated rings. The first-order valence-electron chi connectivity index (χ1n) is 5.24. The molecule has 16 heavy (non-hydrogen) atoms. The van der Waals surface area contributed by atoms with Crippen LogP contribution in [0, 0.1) is 0 Å².